The zero-order valence-electron chi connectivity index (χ0n) is 15.1. The molecule has 2 heterocycles. The molecule has 136 valence electrons. The molecule has 2 aromatic carbocycles. The van der Waals surface area contributed by atoms with E-state index in [1.807, 2.05) is 0 Å². The number of hydrogen-bond donors (Lipinski definition) is 0. The number of rotatable bonds is 1. The lowest BCUT2D eigenvalue weighted by Gasteiger charge is -2.40. The van der Waals surface area contributed by atoms with Crippen molar-refractivity contribution in [1.82, 2.24) is 4.98 Å². The molecule has 0 radical (unpaired) electrons. The van der Waals surface area contributed by atoms with E-state index in [0.29, 0.717) is 22.2 Å². The highest BCUT2D eigenvalue weighted by atomic mass is 19.1. The molecule has 1 aromatic heterocycles. The summed E-state index contributed by atoms with van der Waals surface area (Å²) in [5, 5.41) is 0.625. The maximum atomic E-state index is 14.7. The number of pyridine rings is 1. The van der Waals surface area contributed by atoms with E-state index in [1.54, 1.807) is 44.2 Å². The molecule has 3 aromatic rings. The van der Waals surface area contributed by atoms with Crippen LogP contribution in [0.4, 0.5) is 14.5 Å². The lowest BCUT2D eigenvalue weighted by molar-refractivity contribution is -0.117. The number of fused-ring (bicyclic) bond motifs is 2. The lowest BCUT2D eigenvalue weighted by atomic mass is 9.94. The van der Waals surface area contributed by atoms with Gasteiger partial charge in [-0.15, -0.1) is 0 Å². The first-order valence-electron chi connectivity index (χ1n) is 8.54. The molecule has 0 N–H and O–H groups in total. The van der Waals surface area contributed by atoms with Crippen LogP contribution in [0.15, 0.2) is 53.7 Å². The fraction of sp³-hybridized carbons (Fsp3) is 0.190. The summed E-state index contributed by atoms with van der Waals surface area (Å²) in [5.41, 5.74) is 1.14. The number of para-hydroxylation sites is 2. The second-order valence-corrected chi connectivity index (χ2v) is 6.98. The fourth-order valence-corrected chi connectivity index (χ4v) is 3.61. The zero-order valence-corrected chi connectivity index (χ0v) is 15.1. The SMILES string of the molecule is CC(=O)N1c2c(F)cccc2C(c2cnc3c(F)cccc3c2)=NC1(C)C. The summed E-state index contributed by atoms with van der Waals surface area (Å²) in [6.07, 6.45) is 1.53. The van der Waals surface area contributed by atoms with Crippen molar-refractivity contribution in [3.8, 4) is 0 Å². The van der Waals surface area contributed by atoms with Gasteiger partial charge >= 0.3 is 0 Å². The van der Waals surface area contributed by atoms with E-state index in [4.69, 9.17) is 4.99 Å². The molecule has 27 heavy (non-hydrogen) atoms. The molecule has 6 heteroatoms. The van der Waals surface area contributed by atoms with Gasteiger partial charge in [-0.3, -0.25) is 19.7 Å². The van der Waals surface area contributed by atoms with E-state index in [1.165, 1.54) is 30.2 Å². The van der Waals surface area contributed by atoms with Crippen molar-refractivity contribution in [2.75, 3.05) is 4.90 Å². The number of halogens is 2. The van der Waals surface area contributed by atoms with E-state index in [-0.39, 0.29) is 17.1 Å². The van der Waals surface area contributed by atoms with Crippen molar-refractivity contribution in [2.45, 2.75) is 26.4 Å². The van der Waals surface area contributed by atoms with Gasteiger partial charge in [-0.05, 0) is 32.0 Å². The van der Waals surface area contributed by atoms with Crippen molar-refractivity contribution in [2.24, 2.45) is 4.99 Å². The van der Waals surface area contributed by atoms with E-state index in [9.17, 15) is 13.6 Å². The number of amides is 1. The molecule has 0 fully saturated rings. The third-order valence-electron chi connectivity index (χ3n) is 4.65. The topological polar surface area (TPSA) is 45.6 Å². The first-order chi connectivity index (χ1) is 12.8. The molecular formula is C21H17F2N3O. The molecule has 0 saturated carbocycles. The van der Waals surface area contributed by atoms with E-state index < -0.39 is 17.3 Å². The number of hydrogen-bond acceptors (Lipinski definition) is 3. The standard InChI is InChI=1S/C21H17F2N3O/c1-12(27)26-20-15(7-5-9-17(20)23)18(25-21(26,2)3)14-10-13-6-4-8-16(22)19(13)24-11-14/h4-11H,1-3H3. The maximum Gasteiger partial charge on any atom is 0.225 e. The van der Waals surface area contributed by atoms with Crippen LogP contribution in [0.25, 0.3) is 10.9 Å². The van der Waals surface area contributed by atoms with Crippen molar-refractivity contribution in [1.29, 1.82) is 0 Å². The Labute approximate surface area is 155 Å². The number of aromatic nitrogens is 1. The Morgan fingerprint density at radius 1 is 1.07 bits per heavy atom. The van der Waals surface area contributed by atoms with Crippen LogP contribution in [0.1, 0.15) is 31.9 Å². The van der Waals surface area contributed by atoms with Gasteiger partial charge in [0.15, 0.2) is 0 Å². The summed E-state index contributed by atoms with van der Waals surface area (Å²) in [6.45, 7) is 4.88. The zero-order chi connectivity index (χ0) is 19.3. The van der Waals surface area contributed by atoms with Crippen molar-refractivity contribution in [3.63, 3.8) is 0 Å². The molecule has 0 bridgehead atoms. The molecule has 1 aliphatic heterocycles. The van der Waals surface area contributed by atoms with Crippen LogP contribution in [0, 0.1) is 11.6 Å². The van der Waals surface area contributed by atoms with Crippen LogP contribution < -0.4 is 4.90 Å². The third kappa shape index (κ3) is 2.68. The quantitative estimate of drug-likeness (QED) is 0.639. The third-order valence-corrected chi connectivity index (χ3v) is 4.65. The van der Waals surface area contributed by atoms with Gasteiger partial charge in [0.05, 0.1) is 11.4 Å². The van der Waals surface area contributed by atoms with Crippen LogP contribution in [-0.2, 0) is 4.79 Å². The van der Waals surface area contributed by atoms with E-state index in [2.05, 4.69) is 4.98 Å². The Hall–Kier alpha value is -3.15. The van der Waals surface area contributed by atoms with E-state index in [0.717, 1.165) is 0 Å². The number of anilines is 1. The molecule has 0 spiro atoms. The molecular weight excluding hydrogens is 348 g/mol. The fourth-order valence-electron chi connectivity index (χ4n) is 3.61. The molecule has 0 atom stereocenters. The van der Waals surface area contributed by atoms with Gasteiger partial charge in [-0.25, -0.2) is 8.78 Å². The summed E-state index contributed by atoms with van der Waals surface area (Å²) in [7, 11) is 0. The van der Waals surface area contributed by atoms with Gasteiger partial charge in [0.1, 0.15) is 22.8 Å². The largest absolute Gasteiger partial charge is 0.284 e. The van der Waals surface area contributed by atoms with Crippen LogP contribution in [-0.4, -0.2) is 22.3 Å². The van der Waals surface area contributed by atoms with Crippen LogP contribution in [0.5, 0.6) is 0 Å². The van der Waals surface area contributed by atoms with Crippen molar-refractivity contribution >= 4 is 28.2 Å². The summed E-state index contributed by atoms with van der Waals surface area (Å²) < 4.78 is 28.6. The average molecular weight is 365 g/mol. The minimum absolute atomic E-state index is 0.194. The van der Waals surface area contributed by atoms with Gasteiger partial charge in [0, 0.05) is 29.6 Å². The average Bonchev–Trinajstić information content (AvgIpc) is 2.61. The number of aliphatic imine (C=N–C) groups is 1. The summed E-state index contributed by atoms with van der Waals surface area (Å²) in [5.74, 6) is -1.20. The predicted octanol–water partition coefficient (Wildman–Crippen LogP) is 4.45. The van der Waals surface area contributed by atoms with Crippen LogP contribution in [0.3, 0.4) is 0 Å². The first-order valence-corrected chi connectivity index (χ1v) is 8.54. The molecule has 0 unspecified atom stereocenters. The molecule has 0 aliphatic carbocycles. The molecule has 1 amide bonds. The second kappa shape index (κ2) is 5.94. The Kier molecular flexibility index (Phi) is 3.80. The Morgan fingerprint density at radius 2 is 1.78 bits per heavy atom. The summed E-state index contributed by atoms with van der Waals surface area (Å²) in [6, 6.07) is 11.1. The van der Waals surface area contributed by atoms with Gasteiger partial charge in [0.2, 0.25) is 5.91 Å². The Morgan fingerprint density at radius 3 is 2.52 bits per heavy atom. The van der Waals surface area contributed by atoms with Gasteiger partial charge in [0.25, 0.3) is 0 Å². The van der Waals surface area contributed by atoms with Crippen LogP contribution in [0.2, 0.25) is 0 Å². The maximum absolute atomic E-state index is 14.7. The van der Waals surface area contributed by atoms with Gasteiger partial charge in [-0.2, -0.15) is 0 Å². The smallest absolute Gasteiger partial charge is 0.225 e. The van der Waals surface area contributed by atoms with Gasteiger partial charge < -0.3 is 0 Å². The minimum Gasteiger partial charge on any atom is -0.284 e. The predicted molar refractivity (Wildman–Crippen MR) is 101 cm³/mol. The van der Waals surface area contributed by atoms with Crippen molar-refractivity contribution in [3.05, 3.63) is 71.4 Å². The van der Waals surface area contributed by atoms with Gasteiger partial charge in [-0.1, -0.05) is 24.3 Å². The molecule has 4 nitrogen and oxygen atoms in total. The Balaban J connectivity index is 1.99. The molecule has 1 aliphatic rings. The number of nitrogens with zero attached hydrogens (tertiary/aromatic N) is 3. The molecule has 4 rings (SSSR count). The van der Waals surface area contributed by atoms with Crippen LogP contribution >= 0.6 is 0 Å². The first kappa shape index (κ1) is 17.3. The monoisotopic (exact) mass is 365 g/mol. The lowest BCUT2D eigenvalue weighted by Crippen LogP contribution is -2.50. The second-order valence-electron chi connectivity index (χ2n) is 6.98. The Bertz CT molecular complexity index is 1120. The summed E-state index contributed by atoms with van der Waals surface area (Å²) in [4.78, 5) is 22.5. The summed E-state index contributed by atoms with van der Waals surface area (Å²) >= 11 is 0. The number of carbonyl (C=O) groups excluding carboxylic acids is 1. The number of benzene rings is 2. The number of carbonyl (C=O) groups is 1. The highest BCUT2D eigenvalue weighted by molar-refractivity contribution is 6.20. The van der Waals surface area contributed by atoms with Crippen molar-refractivity contribution < 1.29 is 13.6 Å². The highest BCUT2D eigenvalue weighted by Gasteiger charge is 2.38. The normalized spacial score (nSPS) is 15.4. The van der Waals surface area contributed by atoms with E-state index >= 15 is 0 Å². The highest BCUT2D eigenvalue weighted by Crippen LogP contribution is 2.38. The molecule has 0 saturated heterocycles. The minimum atomic E-state index is -0.979.